The van der Waals surface area contributed by atoms with Gasteiger partial charge in [0.15, 0.2) is 0 Å². The van der Waals surface area contributed by atoms with Gasteiger partial charge in [-0.1, -0.05) is 17.7 Å². The van der Waals surface area contributed by atoms with E-state index in [9.17, 15) is 4.79 Å². The Hall–Kier alpha value is -1.55. The zero-order valence-corrected chi connectivity index (χ0v) is 14.7. The maximum atomic E-state index is 12.7. The first-order valence-electron chi connectivity index (χ1n) is 8.62. The van der Waals surface area contributed by atoms with Crippen LogP contribution in [0.5, 0.6) is 5.75 Å². The van der Waals surface area contributed by atoms with Gasteiger partial charge in [0, 0.05) is 18.5 Å². The van der Waals surface area contributed by atoms with E-state index >= 15 is 0 Å². The second-order valence-electron chi connectivity index (χ2n) is 7.77. The fourth-order valence-electron chi connectivity index (χ4n) is 3.77. The molecule has 0 spiro atoms. The van der Waals surface area contributed by atoms with Crippen LogP contribution >= 0.6 is 0 Å². The number of benzene rings is 1. The van der Waals surface area contributed by atoms with Crippen LogP contribution in [0.3, 0.4) is 0 Å². The summed E-state index contributed by atoms with van der Waals surface area (Å²) in [5, 5.41) is 3.30. The Morgan fingerprint density at radius 3 is 2.91 bits per heavy atom. The van der Waals surface area contributed by atoms with Crippen molar-refractivity contribution >= 4 is 5.91 Å². The lowest BCUT2D eigenvalue weighted by Crippen LogP contribution is -2.46. The number of likely N-dealkylation sites (tertiary alicyclic amines) is 1. The van der Waals surface area contributed by atoms with E-state index in [1.807, 2.05) is 6.07 Å². The number of carbonyl (C=O) groups excluding carboxylic acids is 1. The lowest BCUT2D eigenvalue weighted by Gasteiger charge is -2.39. The number of nitrogens with zero attached hydrogens (tertiary/aromatic N) is 1. The van der Waals surface area contributed by atoms with Gasteiger partial charge in [0.25, 0.3) is 0 Å². The topological polar surface area (TPSA) is 41.6 Å². The van der Waals surface area contributed by atoms with Crippen molar-refractivity contribution in [1.82, 2.24) is 10.2 Å². The summed E-state index contributed by atoms with van der Waals surface area (Å²) < 4.78 is 6.09. The Labute approximate surface area is 139 Å². The van der Waals surface area contributed by atoms with Gasteiger partial charge in [0.05, 0.1) is 12.0 Å². The molecule has 1 saturated heterocycles. The molecule has 1 amide bonds. The van der Waals surface area contributed by atoms with E-state index in [0.29, 0.717) is 0 Å². The van der Waals surface area contributed by atoms with E-state index in [-0.39, 0.29) is 23.5 Å². The number of aryl methyl sites for hydroxylation is 1. The molecular weight excluding hydrogens is 288 g/mol. The van der Waals surface area contributed by atoms with Crippen molar-refractivity contribution in [3.05, 3.63) is 29.3 Å². The van der Waals surface area contributed by atoms with E-state index in [1.165, 1.54) is 5.56 Å². The quantitative estimate of drug-likeness (QED) is 0.912. The Kier molecular flexibility index (Phi) is 4.37. The molecule has 2 aliphatic rings. The number of hydrogen-bond donors (Lipinski definition) is 1. The molecule has 1 N–H and O–H groups in total. The van der Waals surface area contributed by atoms with E-state index in [1.54, 1.807) is 0 Å². The molecule has 0 aromatic heterocycles. The van der Waals surface area contributed by atoms with Crippen molar-refractivity contribution in [2.24, 2.45) is 5.92 Å². The fraction of sp³-hybridized carbons (Fsp3) is 0.632. The highest BCUT2D eigenvalue weighted by atomic mass is 16.5. The molecule has 0 radical (unpaired) electrons. The Morgan fingerprint density at radius 2 is 2.17 bits per heavy atom. The van der Waals surface area contributed by atoms with Gasteiger partial charge in [-0.2, -0.15) is 0 Å². The van der Waals surface area contributed by atoms with E-state index in [0.717, 1.165) is 43.7 Å². The van der Waals surface area contributed by atoms with Crippen LogP contribution in [-0.4, -0.2) is 36.5 Å². The number of piperidine rings is 1. The molecule has 3 rings (SSSR count). The van der Waals surface area contributed by atoms with Crippen LogP contribution in [0, 0.1) is 12.8 Å². The summed E-state index contributed by atoms with van der Waals surface area (Å²) in [7, 11) is 2.09. The Balaban J connectivity index is 1.79. The summed E-state index contributed by atoms with van der Waals surface area (Å²) in [5.74, 6) is 1.19. The molecule has 1 aromatic rings. The third-order valence-electron chi connectivity index (χ3n) is 4.93. The molecule has 2 heterocycles. The molecule has 0 aliphatic carbocycles. The molecule has 4 heteroatoms. The van der Waals surface area contributed by atoms with Gasteiger partial charge in [-0.05, 0) is 53.3 Å². The van der Waals surface area contributed by atoms with E-state index in [4.69, 9.17) is 4.74 Å². The number of fused-ring (bicyclic) bond motifs is 1. The zero-order chi connectivity index (χ0) is 16.6. The van der Waals surface area contributed by atoms with Gasteiger partial charge in [0.2, 0.25) is 5.91 Å². The van der Waals surface area contributed by atoms with Crippen molar-refractivity contribution in [2.45, 2.75) is 51.7 Å². The summed E-state index contributed by atoms with van der Waals surface area (Å²) in [6.07, 6.45) is 2.89. The first kappa shape index (κ1) is 16.3. The van der Waals surface area contributed by atoms with Gasteiger partial charge in [-0.15, -0.1) is 0 Å². The number of amides is 1. The zero-order valence-electron chi connectivity index (χ0n) is 14.7. The van der Waals surface area contributed by atoms with Crippen LogP contribution < -0.4 is 10.1 Å². The molecule has 2 unspecified atom stereocenters. The second-order valence-corrected chi connectivity index (χ2v) is 7.77. The first-order chi connectivity index (χ1) is 10.8. The van der Waals surface area contributed by atoms with Gasteiger partial charge in [-0.25, -0.2) is 0 Å². The van der Waals surface area contributed by atoms with Crippen molar-refractivity contribution in [1.29, 1.82) is 0 Å². The lowest BCUT2D eigenvalue weighted by atomic mass is 9.88. The van der Waals surface area contributed by atoms with Crippen molar-refractivity contribution in [3.63, 3.8) is 0 Å². The van der Waals surface area contributed by atoms with Gasteiger partial charge in [-0.3, -0.25) is 4.79 Å². The van der Waals surface area contributed by atoms with Gasteiger partial charge in [0.1, 0.15) is 11.4 Å². The summed E-state index contributed by atoms with van der Waals surface area (Å²) in [4.78, 5) is 15.0. The average molecular weight is 316 g/mol. The minimum absolute atomic E-state index is 0.0355. The first-order valence-corrected chi connectivity index (χ1v) is 8.62. The minimum atomic E-state index is -0.260. The van der Waals surface area contributed by atoms with E-state index < -0.39 is 0 Å². The highest BCUT2D eigenvalue weighted by molar-refractivity contribution is 5.79. The number of hydrogen-bond acceptors (Lipinski definition) is 3. The van der Waals surface area contributed by atoms with Gasteiger partial charge >= 0.3 is 0 Å². The van der Waals surface area contributed by atoms with Crippen molar-refractivity contribution < 1.29 is 9.53 Å². The average Bonchev–Trinajstić information content (AvgIpc) is 2.47. The summed E-state index contributed by atoms with van der Waals surface area (Å²) >= 11 is 0. The molecule has 23 heavy (non-hydrogen) atoms. The maximum absolute atomic E-state index is 12.7. The van der Waals surface area contributed by atoms with Crippen LogP contribution in [0.4, 0.5) is 0 Å². The smallest absolute Gasteiger partial charge is 0.224 e. The highest BCUT2D eigenvalue weighted by Gasteiger charge is 2.36. The summed E-state index contributed by atoms with van der Waals surface area (Å²) in [6.45, 7) is 8.21. The predicted octanol–water partition coefficient (Wildman–Crippen LogP) is 3.06. The normalized spacial score (nSPS) is 27.0. The van der Waals surface area contributed by atoms with E-state index in [2.05, 4.69) is 50.2 Å². The van der Waals surface area contributed by atoms with Gasteiger partial charge < -0.3 is 15.0 Å². The molecule has 0 saturated carbocycles. The third-order valence-corrected chi connectivity index (χ3v) is 4.93. The molecule has 1 aromatic carbocycles. The highest BCUT2D eigenvalue weighted by Crippen LogP contribution is 2.40. The maximum Gasteiger partial charge on any atom is 0.224 e. The molecule has 1 fully saturated rings. The van der Waals surface area contributed by atoms with Crippen LogP contribution in [0.15, 0.2) is 18.2 Å². The number of carbonyl (C=O) groups is 1. The molecule has 126 valence electrons. The fourth-order valence-corrected chi connectivity index (χ4v) is 3.77. The Bertz CT molecular complexity index is 597. The predicted molar refractivity (Wildman–Crippen MR) is 91.6 cm³/mol. The summed E-state index contributed by atoms with van der Waals surface area (Å²) in [6, 6.07) is 6.27. The third kappa shape index (κ3) is 3.69. The lowest BCUT2D eigenvalue weighted by molar-refractivity contribution is -0.127. The Morgan fingerprint density at radius 1 is 1.39 bits per heavy atom. The molecule has 2 aliphatic heterocycles. The standard InChI is InChI=1S/C19H28N2O2/c1-13-7-8-17-15(10-13)16(11-19(2,3)23-17)20-18(22)14-6-5-9-21(4)12-14/h7-8,10,14,16H,5-6,9,11-12H2,1-4H3,(H,20,22). The van der Waals surface area contributed by atoms with Crippen LogP contribution in [-0.2, 0) is 4.79 Å². The number of ether oxygens (including phenoxy) is 1. The molecule has 0 bridgehead atoms. The summed E-state index contributed by atoms with van der Waals surface area (Å²) in [5.41, 5.74) is 2.05. The SMILES string of the molecule is Cc1ccc2c(c1)C(NC(=O)C1CCCN(C)C1)CC(C)(C)O2. The number of nitrogens with one attached hydrogen (secondary N) is 1. The van der Waals surface area contributed by atoms with Crippen LogP contribution in [0.1, 0.15) is 50.3 Å². The molecule has 2 atom stereocenters. The van der Waals surface area contributed by atoms with Crippen molar-refractivity contribution in [3.8, 4) is 5.75 Å². The monoisotopic (exact) mass is 316 g/mol. The second kappa shape index (κ2) is 6.16. The minimum Gasteiger partial charge on any atom is -0.487 e. The molecule has 4 nitrogen and oxygen atoms in total. The largest absolute Gasteiger partial charge is 0.487 e. The molecular formula is C19H28N2O2. The van der Waals surface area contributed by atoms with Crippen LogP contribution in [0.2, 0.25) is 0 Å². The van der Waals surface area contributed by atoms with Crippen molar-refractivity contribution in [2.75, 3.05) is 20.1 Å². The van der Waals surface area contributed by atoms with Crippen LogP contribution in [0.25, 0.3) is 0 Å². The number of rotatable bonds is 2.